The summed E-state index contributed by atoms with van der Waals surface area (Å²) < 4.78 is 4.82. The van der Waals surface area contributed by atoms with Gasteiger partial charge in [-0.15, -0.1) is 0 Å². The fourth-order valence-corrected chi connectivity index (χ4v) is 5.94. The smallest absolute Gasteiger partial charge is 0.305 e. The van der Waals surface area contributed by atoms with Crippen molar-refractivity contribution in [2.45, 2.75) is 106 Å². The molecule has 0 heterocycles. The van der Waals surface area contributed by atoms with Crippen molar-refractivity contribution in [1.82, 2.24) is 0 Å². The van der Waals surface area contributed by atoms with Crippen molar-refractivity contribution in [3.05, 3.63) is 33.4 Å². The average Bonchev–Trinajstić information content (AvgIpc) is 3.11. The Morgan fingerprint density at radius 2 is 1.44 bits per heavy atom. The summed E-state index contributed by atoms with van der Waals surface area (Å²) in [7, 11) is 1.46. The van der Waals surface area contributed by atoms with E-state index in [1.165, 1.54) is 53.3 Å². The molecule has 4 unspecified atom stereocenters. The zero-order valence-electron chi connectivity index (χ0n) is 21.9. The minimum absolute atomic E-state index is 0.123. The number of ether oxygens (including phenoxy) is 1. The molecule has 32 heavy (non-hydrogen) atoms. The van der Waals surface area contributed by atoms with Gasteiger partial charge in [-0.05, 0) is 124 Å². The fraction of sp³-hybridized carbons (Fsp3) is 0.724. The van der Waals surface area contributed by atoms with Gasteiger partial charge in [0.2, 0.25) is 0 Å². The second-order valence-corrected chi connectivity index (χ2v) is 10.5. The maximum absolute atomic E-state index is 12.9. The van der Waals surface area contributed by atoms with Crippen molar-refractivity contribution in [2.24, 2.45) is 23.7 Å². The Morgan fingerprint density at radius 1 is 0.844 bits per heavy atom. The minimum Gasteiger partial charge on any atom is -0.469 e. The van der Waals surface area contributed by atoms with Crippen molar-refractivity contribution in [2.75, 3.05) is 7.11 Å². The molecule has 0 aliphatic heterocycles. The molecule has 2 rings (SSSR count). The standard InChI is InChI=1S/C29H46O3/c1-18-12-16-28(19(18)2)25(10-9-11-29(31)32-8)13-14-26(30)15-17-27-23(6)21(4)20(3)22(5)24(27)7/h18-19,25,28H,9-17H2,1-8H3. The number of carbonyl (C=O) groups is 2. The molecular formula is C29H46O3. The Bertz CT molecular complexity index is 778. The number of esters is 1. The van der Waals surface area contributed by atoms with Gasteiger partial charge in [-0.1, -0.05) is 20.3 Å². The van der Waals surface area contributed by atoms with E-state index in [0.717, 1.165) is 31.6 Å². The quantitative estimate of drug-likeness (QED) is 0.342. The maximum Gasteiger partial charge on any atom is 0.305 e. The van der Waals surface area contributed by atoms with Crippen molar-refractivity contribution in [1.29, 1.82) is 0 Å². The molecule has 0 saturated heterocycles. The zero-order chi connectivity index (χ0) is 24.0. The Morgan fingerprint density at radius 3 is 1.97 bits per heavy atom. The molecule has 1 aromatic rings. The maximum atomic E-state index is 12.9. The van der Waals surface area contributed by atoms with Crippen molar-refractivity contribution in [3.8, 4) is 0 Å². The first-order valence-electron chi connectivity index (χ1n) is 12.7. The van der Waals surface area contributed by atoms with Crippen LogP contribution >= 0.6 is 0 Å². The zero-order valence-corrected chi connectivity index (χ0v) is 21.9. The van der Waals surface area contributed by atoms with Crippen LogP contribution in [0.5, 0.6) is 0 Å². The van der Waals surface area contributed by atoms with Gasteiger partial charge in [0.1, 0.15) is 5.78 Å². The summed E-state index contributed by atoms with van der Waals surface area (Å²) in [5, 5.41) is 0. The fourth-order valence-electron chi connectivity index (χ4n) is 5.94. The molecule has 1 fully saturated rings. The minimum atomic E-state index is -0.123. The summed E-state index contributed by atoms with van der Waals surface area (Å²) in [5.74, 6) is 2.95. The van der Waals surface area contributed by atoms with Gasteiger partial charge < -0.3 is 4.74 Å². The molecular weight excluding hydrogens is 396 g/mol. The Kier molecular flexibility index (Phi) is 9.98. The summed E-state index contributed by atoms with van der Waals surface area (Å²) in [5.41, 5.74) is 8.19. The molecule has 0 spiro atoms. The summed E-state index contributed by atoms with van der Waals surface area (Å²) in [6.45, 7) is 15.7. The van der Waals surface area contributed by atoms with Gasteiger partial charge in [0.25, 0.3) is 0 Å². The Balaban J connectivity index is 1.97. The highest BCUT2D eigenvalue weighted by molar-refractivity contribution is 5.78. The van der Waals surface area contributed by atoms with E-state index in [2.05, 4.69) is 48.5 Å². The second-order valence-electron chi connectivity index (χ2n) is 10.5. The summed E-state index contributed by atoms with van der Waals surface area (Å²) in [6.07, 6.45) is 8.05. The van der Waals surface area contributed by atoms with Crippen LogP contribution in [0.2, 0.25) is 0 Å². The van der Waals surface area contributed by atoms with Gasteiger partial charge >= 0.3 is 5.97 Å². The van der Waals surface area contributed by atoms with Crippen molar-refractivity contribution >= 4 is 11.8 Å². The molecule has 180 valence electrons. The monoisotopic (exact) mass is 442 g/mol. The SMILES string of the molecule is COC(=O)CCCC(CCC(=O)CCc1c(C)c(C)c(C)c(C)c1C)C1CCC(C)C1C. The number of carbonyl (C=O) groups excluding carboxylic acids is 2. The molecule has 0 aromatic heterocycles. The van der Waals surface area contributed by atoms with Gasteiger partial charge in [-0.25, -0.2) is 0 Å². The van der Waals surface area contributed by atoms with E-state index in [9.17, 15) is 9.59 Å². The van der Waals surface area contributed by atoms with Crippen LogP contribution in [0.1, 0.15) is 98.6 Å². The van der Waals surface area contributed by atoms with E-state index in [-0.39, 0.29) is 5.97 Å². The molecule has 0 bridgehead atoms. The van der Waals surface area contributed by atoms with E-state index >= 15 is 0 Å². The van der Waals surface area contributed by atoms with E-state index in [0.29, 0.717) is 42.8 Å². The van der Waals surface area contributed by atoms with Crippen LogP contribution in [-0.2, 0) is 20.7 Å². The first-order valence-corrected chi connectivity index (χ1v) is 12.7. The molecule has 3 heteroatoms. The van der Waals surface area contributed by atoms with Crippen LogP contribution in [0, 0.1) is 58.3 Å². The molecule has 4 atom stereocenters. The largest absolute Gasteiger partial charge is 0.469 e. The van der Waals surface area contributed by atoms with Crippen LogP contribution < -0.4 is 0 Å². The van der Waals surface area contributed by atoms with E-state index in [1.54, 1.807) is 0 Å². The Labute approximate surface area is 196 Å². The third-order valence-electron chi connectivity index (χ3n) is 8.92. The highest BCUT2D eigenvalue weighted by Gasteiger charge is 2.35. The number of hydrogen-bond acceptors (Lipinski definition) is 3. The van der Waals surface area contributed by atoms with E-state index in [4.69, 9.17) is 4.74 Å². The van der Waals surface area contributed by atoms with E-state index in [1.807, 2.05) is 0 Å². The van der Waals surface area contributed by atoms with Gasteiger partial charge in [-0.3, -0.25) is 9.59 Å². The number of benzene rings is 1. The third kappa shape index (κ3) is 6.45. The molecule has 0 N–H and O–H groups in total. The average molecular weight is 443 g/mol. The lowest BCUT2D eigenvalue weighted by Gasteiger charge is -2.28. The van der Waals surface area contributed by atoms with Crippen LogP contribution in [0.3, 0.4) is 0 Å². The van der Waals surface area contributed by atoms with Crippen molar-refractivity contribution < 1.29 is 14.3 Å². The highest BCUT2D eigenvalue weighted by Crippen LogP contribution is 2.44. The second kappa shape index (κ2) is 12.0. The number of ketones is 1. The molecule has 1 aliphatic carbocycles. The number of rotatable bonds is 11. The first kappa shape index (κ1) is 26.6. The van der Waals surface area contributed by atoms with Crippen LogP contribution in [0.15, 0.2) is 0 Å². The lowest BCUT2D eigenvalue weighted by molar-refractivity contribution is -0.140. The highest BCUT2D eigenvalue weighted by atomic mass is 16.5. The summed E-state index contributed by atoms with van der Waals surface area (Å²) >= 11 is 0. The van der Waals surface area contributed by atoms with Crippen LogP contribution in [0.25, 0.3) is 0 Å². The molecule has 0 radical (unpaired) electrons. The molecule has 1 aliphatic rings. The number of methoxy groups -OCH3 is 1. The normalized spacial score (nSPS) is 21.6. The van der Waals surface area contributed by atoms with Crippen LogP contribution in [-0.4, -0.2) is 18.9 Å². The molecule has 1 saturated carbocycles. The number of Topliss-reactive ketones (excluding diaryl/α,β-unsaturated/α-hetero) is 1. The molecule has 1 aromatic carbocycles. The van der Waals surface area contributed by atoms with Gasteiger partial charge in [-0.2, -0.15) is 0 Å². The van der Waals surface area contributed by atoms with Crippen molar-refractivity contribution in [3.63, 3.8) is 0 Å². The Hall–Kier alpha value is -1.64. The summed E-state index contributed by atoms with van der Waals surface area (Å²) in [4.78, 5) is 24.5. The number of hydrogen-bond donors (Lipinski definition) is 0. The van der Waals surface area contributed by atoms with Crippen LogP contribution in [0.4, 0.5) is 0 Å². The summed E-state index contributed by atoms with van der Waals surface area (Å²) in [6, 6.07) is 0. The van der Waals surface area contributed by atoms with Gasteiger partial charge in [0, 0.05) is 19.3 Å². The van der Waals surface area contributed by atoms with E-state index < -0.39 is 0 Å². The third-order valence-corrected chi connectivity index (χ3v) is 8.92. The predicted octanol–water partition coefficient (Wildman–Crippen LogP) is 7.15. The van der Waals surface area contributed by atoms with Gasteiger partial charge in [0.15, 0.2) is 0 Å². The van der Waals surface area contributed by atoms with Gasteiger partial charge in [0.05, 0.1) is 7.11 Å². The lowest BCUT2D eigenvalue weighted by atomic mass is 9.77. The predicted molar refractivity (Wildman–Crippen MR) is 133 cm³/mol. The lowest BCUT2D eigenvalue weighted by Crippen LogP contribution is -2.21. The molecule has 3 nitrogen and oxygen atoms in total. The molecule has 0 amide bonds. The topological polar surface area (TPSA) is 43.4 Å². The first-order chi connectivity index (χ1) is 15.1.